The van der Waals surface area contributed by atoms with E-state index < -0.39 is 11.4 Å². The van der Waals surface area contributed by atoms with Gasteiger partial charge in [0.1, 0.15) is 11.7 Å². The summed E-state index contributed by atoms with van der Waals surface area (Å²) in [6, 6.07) is 46.9. The van der Waals surface area contributed by atoms with Crippen molar-refractivity contribution in [1.29, 1.82) is 5.26 Å². The molecule has 8 rings (SSSR count). The number of hydrogen-bond donors (Lipinski definition) is 5. The molecule has 65 heavy (non-hydrogen) atoms. The van der Waals surface area contributed by atoms with Crippen LogP contribution in [0.4, 0.5) is 34.1 Å². The van der Waals surface area contributed by atoms with Crippen molar-refractivity contribution in [3.05, 3.63) is 191 Å². The second-order valence-corrected chi connectivity index (χ2v) is 18.0. The molecule has 3 atom stereocenters. The molecule has 6 aromatic rings. The Morgan fingerprint density at radius 1 is 0.831 bits per heavy atom. The van der Waals surface area contributed by atoms with Gasteiger partial charge in [-0.25, -0.2) is 0 Å². The molecular formula is C55H56N7O3+. The Hall–Kier alpha value is -7.61. The molecule has 2 heterocycles. The normalized spacial score (nSPS) is 19.2. The van der Waals surface area contributed by atoms with Crippen molar-refractivity contribution in [2.75, 3.05) is 53.7 Å². The van der Waals surface area contributed by atoms with E-state index in [0.717, 1.165) is 56.8 Å². The van der Waals surface area contributed by atoms with Crippen LogP contribution < -0.4 is 30.9 Å². The molecule has 0 saturated carbocycles. The number of aliphatic carboxylic acids is 1. The van der Waals surface area contributed by atoms with Crippen LogP contribution in [0.25, 0.3) is 10.8 Å². The number of anilines is 5. The van der Waals surface area contributed by atoms with Gasteiger partial charge in [-0.3, -0.25) is 14.5 Å². The molecule has 6 aromatic carbocycles. The largest absolute Gasteiger partial charge is 0.481 e. The summed E-state index contributed by atoms with van der Waals surface area (Å²) in [6.45, 7) is 6.94. The Labute approximate surface area is 381 Å². The number of carbonyl (C=O) groups is 2. The van der Waals surface area contributed by atoms with Crippen LogP contribution in [0.5, 0.6) is 0 Å². The number of carboxylic acid groups (broad SMARTS) is 1. The van der Waals surface area contributed by atoms with Gasteiger partial charge in [0.2, 0.25) is 0 Å². The number of nitrogens with one attached hydrogen (secondary N) is 4. The highest BCUT2D eigenvalue weighted by Gasteiger charge is 2.49. The van der Waals surface area contributed by atoms with E-state index in [1.807, 2.05) is 117 Å². The van der Waals surface area contributed by atoms with Crippen molar-refractivity contribution in [3.63, 3.8) is 0 Å². The number of nitrogens with zero attached hydrogens (tertiary/aromatic N) is 3. The van der Waals surface area contributed by atoms with Crippen LogP contribution in [0.1, 0.15) is 54.2 Å². The van der Waals surface area contributed by atoms with Gasteiger partial charge in [0, 0.05) is 59.9 Å². The first-order chi connectivity index (χ1) is 31.3. The lowest BCUT2D eigenvalue weighted by molar-refractivity contribution is -0.828. The van der Waals surface area contributed by atoms with Gasteiger partial charge in [-0.2, -0.15) is 5.26 Å². The zero-order valence-corrected chi connectivity index (χ0v) is 37.8. The zero-order chi connectivity index (χ0) is 45.9. The minimum atomic E-state index is -0.857. The molecule has 2 aliphatic rings. The molecule has 5 N–H and O–H groups in total. The second-order valence-electron chi connectivity index (χ2n) is 18.0. The minimum absolute atomic E-state index is 0.00540. The number of benzene rings is 6. The highest BCUT2D eigenvalue weighted by molar-refractivity contribution is 6.04. The molecule has 2 aliphatic heterocycles. The number of rotatable bonds is 14. The van der Waals surface area contributed by atoms with Crippen LogP contribution in [0, 0.1) is 11.3 Å². The molecule has 3 unspecified atom stereocenters. The van der Waals surface area contributed by atoms with Gasteiger partial charge >= 0.3 is 5.97 Å². The number of amides is 1. The van der Waals surface area contributed by atoms with Gasteiger partial charge in [-0.1, -0.05) is 74.5 Å². The number of likely N-dealkylation sites (N-methyl/N-ethyl adjacent to an activating group) is 1. The number of carbonyl (C=O) groups excluding carboxylic acids is 1. The Morgan fingerprint density at radius 3 is 2.15 bits per heavy atom. The molecule has 10 heteroatoms. The van der Waals surface area contributed by atoms with E-state index in [4.69, 9.17) is 0 Å². The van der Waals surface area contributed by atoms with E-state index in [9.17, 15) is 20.0 Å². The van der Waals surface area contributed by atoms with Crippen molar-refractivity contribution >= 4 is 56.8 Å². The van der Waals surface area contributed by atoms with E-state index in [1.54, 1.807) is 0 Å². The smallest absolute Gasteiger partial charge is 0.305 e. The number of hydrazine groups is 1. The van der Waals surface area contributed by atoms with E-state index in [2.05, 4.69) is 114 Å². The first-order valence-electron chi connectivity index (χ1n) is 22.0. The van der Waals surface area contributed by atoms with Gasteiger partial charge in [-0.05, 0) is 132 Å². The van der Waals surface area contributed by atoms with E-state index in [0.29, 0.717) is 23.4 Å². The van der Waals surface area contributed by atoms with Gasteiger partial charge < -0.3 is 31.1 Å². The molecular weight excluding hydrogens is 807 g/mol. The van der Waals surface area contributed by atoms with Crippen LogP contribution >= 0.6 is 0 Å². The maximum Gasteiger partial charge on any atom is 0.305 e. The second kappa shape index (κ2) is 18.2. The lowest BCUT2D eigenvalue weighted by Gasteiger charge is -2.30. The maximum absolute atomic E-state index is 13.4. The van der Waals surface area contributed by atoms with Crippen molar-refractivity contribution in [2.45, 2.75) is 50.5 Å². The summed E-state index contributed by atoms with van der Waals surface area (Å²) in [6.07, 6.45) is 8.65. The SMILES string of the molecule is CN(C)c1ccc(NNc2ccc(NC(=O)c3ccc(CC4(C)c5ccccc5[NH+](C)C4/C=C/C(C#N)=C/C=C4/N(CCC(=O)O)c5ccc6ccccc6c5C4(C)C)cc3)cc2)cc1. The minimum Gasteiger partial charge on any atom is -0.481 e. The third-order valence-electron chi connectivity index (χ3n) is 13.1. The van der Waals surface area contributed by atoms with Crippen molar-refractivity contribution in [3.8, 4) is 6.07 Å². The van der Waals surface area contributed by atoms with Crippen molar-refractivity contribution < 1.29 is 19.6 Å². The maximum atomic E-state index is 13.4. The van der Waals surface area contributed by atoms with E-state index >= 15 is 0 Å². The summed E-state index contributed by atoms with van der Waals surface area (Å²) >= 11 is 0. The summed E-state index contributed by atoms with van der Waals surface area (Å²) in [5, 5.41) is 25.5. The third kappa shape index (κ3) is 8.97. The van der Waals surface area contributed by atoms with Gasteiger partial charge in [0.05, 0.1) is 41.9 Å². The lowest BCUT2D eigenvalue weighted by atomic mass is 9.73. The average molecular weight is 863 g/mol. The number of hydrogen-bond acceptors (Lipinski definition) is 7. The molecule has 0 radical (unpaired) electrons. The molecule has 328 valence electrons. The lowest BCUT2D eigenvalue weighted by Crippen LogP contribution is -3.07. The van der Waals surface area contributed by atoms with Crippen LogP contribution in [-0.4, -0.2) is 50.7 Å². The highest BCUT2D eigenvalue weighted by Crippen LogP contribution is 2.51. The topological polar surface area (TPSA) is 125 Å². The molecule has 10 nitrogen and oxygen atoms in total. The van der Waals surface area contributed by atoms with Gasteiger partial charge in [0.25, 0.3) is 5.91 Å². The number of fused-ring (bicyclic) bond motifs is 4. The quantitative estimate of drug-likeness (QED) is 0.0417. The number of carboxylic acids is 1. The Balaban J connectivity index is 0.980. The molecule has 0 aromatic heterocycles. The number of quaternary nitrogens is 1. The fourth-order valence-corrected chi connectivity index (χ4v) is 9.71. The monoisotopic (exact) mass is 862 g/mol. The number of allylic oxidation sites excluding steroid dienone is 5. The van der Waals surface area contributed by atoms with Crippen LogP contribution in [0.2, 0.25) is 0 Å². The van der Waals surface area contributed by atoms with Crippen LogP contribution in [0.15, 0.2) is 169 Å². The predicted octanol–water partition coefficient (Wildman–Crippen LogP) is 9.79. The summed E-state index contributed by atoms with van der Waals surface area (Å²) in [5.41, 5.74) is 17.0. The molecule has 0 spiro atoms. The van der Waals surface area contributed by atoms with Gasteiger partial charge in [-0.15, -0.1) is 0 Å². The fraction of sp³-hybridized carbons (Fsp3) is 0.218. The molecule has 0 bridgehead atoms. The Morgan fingerprint density at radius 2 is 1.48 bits per heavy atom. The van der Waals surface area contributed by atoms with Crippen molar-refractivity contribution in [2.24, 2.45) is 0 Å². The molecule has 1 amide bonds. The molecule has 0 saturated heterocycles. The average Bonchev–Trinajstić information content (AvgIpc) is 3.66. The zero-order valence-electron chi connectivity index (χ0n) is 37.8. The Kier molecular flexibility index (Phi) is 12.4. The first kappa shape index (κ1) is 44.0. The number of para-hydroxylation sites is 1. The van der Waals surface area contributed by atoms with Crippen molar-refractivity contribution in [1.82, 2.24) is 0 Å². The van der Waals surface area contributed by atoms with E-state index in [1.165, 1.54) is 16.2 Å². The molecule has 0 fully saturated rings. The highest BCUT2D eigenvalue weighted by atomic mass is 16.4. The number of nitriles is 1. The first-order valence-corrected chi connectivity index (χ1v) is 22.0. The van der Waals surface area contributed by atoms with E-state index in [-0.39, 0.29) is 23.8 Å². The molecule has 0 aliphatic carbocycles. The van der Waals surface area contributed by atoms with Crippen LogP contribution in [0.3, 0.4) is 0 Å². The predicted molar refractivity (Wildman–Crippen MR) is 264 cm³/mol. The third-order valence-corrected chi connectivity index (χ3v) is 13.1. The van der Waals surface area contributed by atoms with Crippen LogP contribution in [-0.2, 0) is 22.0 Å². The summed E-state index contributed by atoms with van der Waals surface area (Å²) in [7, 11) is 6.20. The standard InChI is InChI=1S/C55H55N7O3/c1-54(2)49(62(34-33-51(63)64)48-30-21-39-11-7-8-12-45(39)52(48)54)31-17-38(36-56)18-32-50-55(3,46-13-9-10-14-47(46)61(50)6)35-37-15-19-40(20-16-37)53(65)57-41-22-24-42(25-23-41)58-59-43-26-28-44(29-27-43)60(4)5/h7-32,50,58-59H,33-35H2,1-6H3,(H,57,65)(H,63,64)/p+1/b32-18+,38-17-,49-31+. The van der Waals surface area contributed by atoms with Gasteiger partial charge in [0.15, 0.2) is 0 Å². The summed E-state index contributed by atoms with van der Waals surface area (Å²) < 4.78 is 0. The Bertz CT molecular complexity index is 2870. The summed E-state index contributed by atoms with van der Waals surface area (Å²) in [4.78, 5) is 30.6. The summed E-state index contributed by atoms with van der Waals surface area (Å²) in [5.74, 6) is -1.04. The fourth-order valence-electron chi connectivity index (χ4n) is 9.71.